The molecule has 0 atom stereocenters. The van der Waals surface area contributed by atoms with Crippen molar-refractivity contribution in [2.75, 3.05) is 17.7 Å². The summed E-state index contributed by atoms with van der Waals surface area (Å²) in [5, 5.41) is 0.609. The minimum Gasteiger partial charge on any atom is -0.398 e. The van der Waals surface area contributed by atoms with Gasteiger partial charge in [-0.15, -0.1) is 0 Å². The number of rotatable bonds is 3. The van der Waals surface area contributed by atoms with Crippen LogP contribution in [0.1, 0.15) is 16.7 Å². The molecule has 2 nitrogen and oxygen atoms in total. The van der Waals surface area contributed by atoms with Crippen molar-refractivity contribution in [2.24, 2.45) is 0 Å². The highest BCUT2D eigenvalue weighted by atomic mass is 35.5. The standard InChI is InChI=1S/C16H19ClN2/c1-11-6-4-5-7-13(11)10-19(3)16-9-14(17)15(18)8-12(16)2/h4-9H,10,18H2,1-3H3. The predicted octanol–water partition coefficient (Wildman–Crippen LogP) is 4.18. The topological polar surface area (TPSA) is 29.3 Å². The Kier molecular flexibility index (Phi) is 4.01. The monoisotopic (exact) mass is 274 g/mol. The van der Waals surface area contributed by atoms with Crippen LogP contribution in [-0.4, -0.2) is 7.05 Å². The van der Waals surface area contributed by atoms with Crippen LogP contribution >= 0.6 is 11.6 Å². The summed E-state index contributed by atoms with van der Waals surface area (Å²) in [5.74, 6) is 0. The Morgan fingerprint density at radius 1 is 1.11 bits per heavy atom. The number of halogens is 1. The number of anilines is 2. The number of nitrogen functional groups attached to an aromatic ring is 1. The minimum atomic E-state index is 0.609. The Balaban J connectivity index is 2.28. The van der Waals surface area contributed by atoms with E-state index in [1.54, 1.807) is 0 Å². The lowest BCUT2D eigenvalue weighted by Crippen LogP contribution is -2.18. The van der Waals surface area contributed by atoms with E-state index in [9.17, 15) is 0 Å². The highest BCUT2D eigenvalue weighted by Crippen LogP contribution is 2.29. The van der Waals surface area contributed by atoms with Crippen LogP contribution in [0.4, 0.5) is 11.4 Å². The van der Waals surface area contributed by atoms with Gasteiger partial charge in [0.25, 0.3) is 0 Å². The molecule has 0 spiro atoms. The average Bonchev–Trinajstić information content (AvgIpc) is 2.36. The molecule has 3 heteroatoms. The second kappa shape index (κ2) is 5.54. The van der Waals surface area contributed by atoms with Crippen LogP contribution in [0.25, 0.3) is 0 Å². The second-order valence-electron chi connectivity index (χ2n) is 4.94. The Labute approximate surface area is 119 Å². The molecular formula is C16H19ClN2. The van der Waals surface area contributed by atoms with Crippen molar-refractivity contribution in [1.82, 2.24) is 0 Å². The maximum Gasteiger partial charge on any atom is 0.0656 e. The molecule has 0 aliphatic rings. The van der Waals surface area contributed by atoms with Crippen molar-refractivity contribution in [1.29, 1.82) is 0 Å². The van der Waals surface area contributed by atoms with E-state index in [1.165, 1.54) is 11.1 Å². The highest BCUT2D eigenvalue weighted by Gasteiger charge is 2.09. The molecule has 0 unspecified atom stereocenters. The largest absolute Gasteiger partial charge is 0.398 e. The summed E-state index contributed by atoms with van der Waals surface area (Å²) in [5.41, 5.74) is 11.3. The molecule has 0 aliphatic carbocycles. The molecular weight excluding hydrogens is 256 g/mol. The molecule has 0 aliphatic heterocycles. The molecule has 0 saturated heterocycles. The number of hydrogen-bond acceptors (Lipinski definition) is 2. The fourth-order valence-corrected chi connectivity index (χ4v) is 2.39. The summed E-state index contributed by atoms with van der Waals surface area (Å²) < 4.78 is 0. The van der Waals surface area contributed by atoms with Crippen molar-refractivity contribution >= 4 is 23.0 Å². The van der Waals surface area contributed by atoms with Crippen LogP contribution in [0.5, 0.6) is 0 Å². The SMILES string of the molecule is Cc1ccccc1CN(C)c1cc(Cl)c(N)cc1C. The van der Waals surface area contributed by atoms with Gasteiger partial charge in [0, 0.05) is 19.3 Å². The van der Waals surface area contributed by atoms with Crippen LogP contribution in [0.2, 0.25) is 5.02 Å². The molecule has 0 fully saturated rings. The van der Waals surface area contributed by atoms with Gasteiger partial charge in [-0.3, -0.25) is 0 Å². The number of aryl methyl sites for hydroxylation is 2. The maximum atomic E-state index is 6.11. The zero-order valence-electron chi connectivity index (χ0n) is 11.6. The van der Waals surface area contributed by atoms with E-state index < -0.39 is 0 Å². The van der Waals surface area contributed by atoms with E-state index in [0.29, 0.717) is 10.7 Å². The molecule has 19 heavy (non-hydrogen) atoms. The van der Waals surface area contributed by atoms with Crippen LogP contribution in [0, 0.1) is 13.8 Å². The Bertz CT molecular complexity index is 593. The van der Waals surface area contributed by atoms with E-state index in [1.807, 2.05) is 12.1 Å². The molecule has 0 aromatic heterocycles. The average molecular weight is 275 g/mol. The molecule has 2 aromatic rings. The van der Waals surface area contributed by atoms with Crippen LogP contribution in [0.3, 0.4) is 0 Å². The second-order valence-corrected chi connectivity index (χ2v) is 5.35. The third-order valence-electron chi connectivity index (χ3n) is 3.40. The highest BCUT2D eigenvalue weighted by molar-refractivity contribution is 6.33. The van der Waals surface area contributed by atoms with Crippen LogP contribution in [-0.2, 0) is 6.54 Å². The van der Waals surface area contributed by atoms with E-state index in [-0.39, 0.29) is 0 Å². The quantitative estimate of drug-likeness (QED) is 0.851. The predicted molar refractivity (Wildman–Crippen MR) is 83.9 cm³/mol. The third kappa shape index (κ3) is 3.02. The lowest BCUT2D eigenvalue weighted by atomic mass is 10.1. The molecule has 100 valence electrons. The minimum absolute atomic E-state index is 0.609. The Morgan fingerprint density at radius 3 is 2.47 bits per heavy atom. The van der Waals surface area contributed by atoms with Gasteiger partial charge < -0.3 is 10.6 Å². The molecule has 2 N–H and O–H groups in total. The van der Waals surface area contributed by atoms with Crippen molar-refractivity contribution in [3.05, 3.63) is 58.1 Å². The number of nitrogens with two attached hydrogens (primary N) is 1. The molecule has 0 radical (unpaired) electrons. The fourth-order valence-electron chi connectivity index (χ4n) is 2.23. The first-order valence-corrected chi connectivity index (χ1v) is 6.68. The van der Waals surface area contributed by atoms with Crippen LogP contribution < -0.4 is 10.6 Å². The first-order chi connectivity index (χ1) is 8.99. The summed E-state index contributed by atoms with van der Waals surface area (Å²) in [4.78, 5) is 2.20. The summed E-state index contributed by atoms with van der Waals surface area (Å²) in [6.45, 7) is 5.04. The molecule has 0 bridgehead atoms. The number of nitrogens with zero attached hydrogens (tertiary/aromatic N) is 1. The first-order valence-electron chi connectivity index (χ1n) is 6.30. The zero-order chi connectivity index (χ0) is 14.0. The van der Waals surface area contributed by atoms with Gasteiger partial charge in [0.2, 0.25) is 0 Å². The van der Waals surface area contributed by atoms with E-state index in [4.69, 9.17) is 17.3 Å². The Morgan fingerprint density at radius 2 is 1.79 bits per heavy atom. The summed E-state index contributed by atoms with van der Waals surface area (Å²) in [6, 6.07) is 12.3. The van der Waals surface area contributed by atoms with E-state index >= 15 is 0 Å². The van der Waals surface area contributed by atoms with Crippen molar-refractivity contribution in [3.63, 3.8) is 0 Å². The molecule has 2 aromatic carbocycles. The summed E-state index contributed by atoms with van der Waals surface area (Å²) in [7, 11) is 2.07. The smallest absolute Gasteiger partial charge is 0.0656 e. The van der Waals surface area contributed by atoms with Crippen molar-refractivity contribution in [2.45, 2.75) is 20.4 Å². The van der Waals surface area contributed by atoms with Gasteiger partial charge in [0.15, 0.2) is 0 Å². The first kappa shape index (κ1) is 13.8. The lowest BCUT2D eigenvalue weighted by Gasteiger charge is -2.23. The van der Waals surface area contributed by atoms with Gasteiger partial charge >= 0.3 is 0 Å². The van der Waals surface area contributed by atoms with Crippen molar-refractivity contribution in [3.8, 4) is 0 Å². The molecule has 0 heterocycles. The number of benzene rings is 2. The summed E-state index contributed by atoms with van der Waals surface area (Å²) >= 11 is 6.11. The van der Waals surface area contributed by atoms with E-state index in [2.05, 4.69) is 50.1 Å². The van der Waals surface area contributed by atoms with Crippen molar-refractivity contribution < 1.29 is 0 Å². The summed E-state index contributed by atoms with van der Waals surface area (Å²) in [6.07, 6.45) is 0. The van der Waals surface area contributed by atoms with Gasteiger partial charge in [-0.1, -0.05) is 35.9 Å². The normalized spacial score (nSPS) is 10.5. The molecule has 0 saturated carbocycles. The van der Waals surface area contributed by atoms with Gasteiger partial charge in [-0.25, -0.2) is 0 Å². The van der Waals surface area contributed by atoms with E-state index in [0.717, 1.165) is 17.8 Å². The van der Waals surface area contributed by atoms with Gasteiger partial charge in [0.1, 0.15) is 0 Å². The van der Waals surface area contributed by atoms with Crippen LogP contribution in [0.15, 0.2) is 36.4 Å². The maximum absolute atomic E-state index is 6.11. The van der Waals surface area contributed by atoms with Gasteiger partial charge in [-0.2, -0.15) is 0 Å². The molecule has 0 amide bonds. The third-order valence-corrected chi connectivity index (χ3v) is 3.72. The van der Waals surface area contributed by atoms with Gasteiger partial charge in [0.05, 0.1) is 10.7 Å². The lowest BCUT2D eigenvalue weighted by molar-refractivity contribution is 0.909. The fraction of sp³-hybridized carbons (Fsp3) is 0.250. The number of hydrogen-bond donors (Lipinski definition) is 1. The molecule has 2 rings (SSSR count). The Hall–Kier alpha value is -1.67. The van der Waals surface area contributed by atoms with Gasteiger partial charge in [-0.05, 0) is 42.7 Å². The zero-order valence-corrected chi connectivity index (χ0v) is 12.3.